The zero-order valence-corrected chi connectivity index (χ0v) is 17.8. The van der Waals surface area contributed by atoms with Gasteiger partial charge in [-0.2, -0.15) is 0 Å². The maximum absolute atomic E-state index is 12.6. The molecule has 0 heterocycles. The van der Waals surface area contributed by atoms with E-state index < -0.39 is 16.1 Å². The van der Waals surface area contributed by atoms with Crippen LogP contribution in [0.15, 0.2) is 41.3 Å². The number of carbonyl (C=O) groups excluding carboxylic acids is 1. The Kier molecular flexibility index (Phi) is 6.69. The number of amides is 1. The van der Waals surface area contributed by atoms with Crippen LogP contribution in [0, 0.1) is 13.8 Å². The molecule has 1 atom stereocenters. The Hall–Kier alpha value is -2.58. The quantitative estimate of drug-likeness (QED) is 0.764. The molecule has 0 radical (unpaired) electrons. The van der Waals surface area contributed by atoms with Gasteiger partial charge in [0.15, 0.2) is 6.10 Å². The lowest BCUT2D eigenvalue weighted by Gasteiger charge is -2.19. The molecule has 0 aliphatic rings. The maximum atomic E-state index is 12.6. The van der Waals surface area contributed by atoms with Gasteiger partial charge in [0.1, 0.15) is 11.5 Å². The minimum absolute atomic E-state index is 0.125. The number of aryl methyl sites for hydroxylation is 1. The molecule has 8 heteroatoms. The molecule has 2 aromatic carbocycles. The van der Waals surface area contributed by atoms with Crippen molar-refractivity contribution in [2.75, 3.05) is 26.5 Å². The summed E-state index contributed by atoms with van der Waals surface area (Å²) in [6, 6.07) is 9.96. The van der Waals surface area contributed by atoms with Crippen molar-refractivity contribution in [2.45, 2.75) is 31.8 Å². The summed E-state index contributed by atoms with van der Waals surface area (Å²) in [4.78, 5) is 12.7. The van der Waals surface area contributed by atoms with E-state index in [0.717, 1.165) is 15.4 Å². The van der Waals surface area contributed by atoms with Gasteiger partial charge in [-0.3, -0.25) is 4.79 Å². The maximum Gasteiger partial charge on any atom is 0.265 e. The highest BCUT2D eigenvalue weighted by Crippen LogP contribution is 2.26. The first-order valence-electron chi connectivity index (χ1n) is 8.71. The monoisotopic (exact) mass is 406 g/mol. The first kappa shape index (κ1) is 21.7. The number of benzene rings is 2. The number of nitrogens with zero attached hydrogens (tertiary/aromatic N) is 1. The molecule has 152 valence electrons. The zero-order valence-electron chi connectivity index (χ0n) is 16.9. The molecule has 1 amide bonds. The van der Waals surface area contributed by atoms with E-state index >= 15 is 0 Å². The fraction of sp³-hybridized carbons (Fsp3) is 0.350. The highest BCUT2D eigenvalue weighted by Gasteiger charge is 2.22. The second kappa shape index (κ2) is 8.62. The van der Waals surface area contributed by atoms with Crippen molar-refractivity contribution in [2.24, 2.45) is 0 Å². The van der Waals surface area contributed by atoms with Crippen LogP contribution in [-0.2, 0) is 14.8 Å². The van der Waals surface area contributed by atoms with Crippen LogP contribution in [0.1, 0.15) is 18.1 Å². The molecule has 0 spiro atoms. The summed E-state index contributed by atoms with van der Waals surface area (Å²) in [5, 5.41) is 2.77. The summed E-state index contributed by atoms with van der Waals surface area (Å²) in [6.45, 7) is 5.26. The van der Waals surface area contributed by atoms with Crippen LogP contribution < -0.4 is 14.8 Å². The van der Waals surface area contributed by atoms with E-state index in [2.05, 4.69) is 5.32 Å². The molecule has 0 fully saturated rings. The van der Waals surface area contributed by atoms with Gasteiger partial charge in [-0.15, -0.1) is 0 Å². The molecule has 1 N–H and O–H groups in total. The van der Waals surface area contributed by atoms with Gasteiger partial charge in [0.05, 0.1) is 12.0 Å². The molecule has 0 aliphatic heterocycles. The predicted octanol–water partition coefficient (Wildman–Crippen LogP) is 2.97. The van der Waals surface area contributed by atoms with Crippen LogP contribution in [0.4, 0.5) is 5.69 Å². The third-order valence-electron chi connectivity index (χ3n) is 4.42. The Morgan fingerprint density at radius 3 is 2.18 bits per heavy atom. The number of ether oxygens (including phenoxy) is 2. The molecule has 28 heavy (non-hydrogen) atoms. The summed E-state index contributed by atoms with van der Waals surface area (Å²) < 4.78 is 36.8. The number of hydrogen-bond acceptors (Lipinski definition) is 5. The number of anilines is 1. The Bertz CT molecular complexity index is 953. The Morgan fingerprint density at radius 1 is 1.07 bits per heavy atom. The summed E-state index contributed by atoms with van der Waals surface area (Å²) in [6.07, 6.45) is -0.776. The van der Waals surface area contributed by atoms with E-state index in [1.54, 1.807) is 51.3 Å². The Balaban J connectivity index is 2.21. The van der Waals surface area contributed by atoms with Crippen LogP contribution in [0.5, 0.6) is 11.5 Å². The Labute approximate surface area is 166 Å². The molecule has 7 nitrogen and oxygen atoms in total. The zero-order chi connectivity index (χ0) is 21.1. The lowest BCUT2D eigenvalue weighted by molar-refractivity contribution is -0.122. The van der Waals surface area contributed by atoms with E-state index in [1.165, 1.54) is 20.2 Å². The van der Waals surface area contributed by atoms with E-state index in [4.69, 9.17) is 9.47 Å². The number of hydrogen-bond donors (Lipinski definition) is 1. The average molecular weight is 407 g/mol. The van der Waals surface area contributed by atoms with Gasteiger partial charge in [0, 0.05) is 19.8 Å². The molecular weight excluding hydrogens is 380 g/mol. The second-order valence-electron chi connectivity index (χ2n) is 6.63. The first-order valence-corrected chi connectivity index (χ1v) is 10.2. The van der Waals surface area contributed by atoms with Gasteiger partial charge in [-0.1, -0.05) is 0 Å². The standard InChI is InChI=1S/C20H26N2O5S/c1-13-11-18(28(24,25)22(4)5)12-19(14(13)2)21-20(23)15(3)27-17-9-7-16(26-6)8-10-17/h7-12,15H,1-6H3,(H,21,23). The van der Waals surface area contributed by atoms with Gasteiger partial charge in [0.25, 0.3) is 5.91 Å². The number of methoxy groups -OCH3 is 1. The van der Waals surface area contributed by atoms with Gasteiger partial charge in [-0.25, -0.2) is 12.7 Å². The van der Waals surface area contributed by atoms with Crippen LogP contribution in [0.2, 0.25) is 0 Å². The van der Waals surface area contributed by atoms with Crippen molar-refractivity contribution in [3.63, 3.8) is 0 Å². The summed E-state index contributed by atoms with van der Waals surface area (Å²) >= 11 is 0. The van der Waals surface area contributed by atoms with E-state index in [0.29, 0.717) is 17.2 Å². The molecule has 1 unspecified atom stereocenters. The first-order chi connectivity index (χ1) is 13.1. The van der Waals surface area contributed by atoms with Crippen molar-refractivity contribution in [1.29, 1.82) is 0 Å². The fourth-order valence-electron chi connectivity index (χ4n) is 2.46. The number of nitrogens with one attached hydrogen (secondary N) is 1. The summed E-state index contributed by atoms with van der Waals surface area (Å²) in [7, 11) is 0.891. The van der Waals surface area contributed by atoms with Gasteiger partial charge in [0.2, 0.25) is 10.0 Å². The lowest BCUT2D eigenvalue weighted by atomic mass is 10.1. The van der Waals surface area contributed by atoms with Gasteiger partial charge < -0.3 is 14.8 Å². The highest BCUT2D eigenvalue weighted by atomic mass is 32.2. The summed E-state index contributed by atoms with van der Waals surface area (Å²) in [5.74, 6) is 0.840. The smallest absolute Gasteiger partial charge is 0.265 e. The molecule has 0 aromatic heterocycles. The van der Waals surface area contributed by atoms with Crippen LogP contribution in [0.3, 0.4) is 0 Å². The van der Waals surface area contributed by atoms with E-state index in [-0.39, 0.29) is 10.8 Å². The van der Waals surface area contributed by atoms with Gasteiger partial charge in [-0.05, 0) is 68.3 Å². The molecule has 2 aromatic rings. The second-order valence-corrected chi connectivity index (χ2v) is 8.78. The molecule has 0 aliphatic carbocycles. The number of carbonyl (C=O) groups is 1. The third kappa shape index (κ3) is 4.82. The van der Waals surface area contributed by atoms with Crippen molar-refractivity contribution in [3.05, 3.63) is 47.5 Å². The highest BCUT2D eigenvalue weighted by molar-refractivity contribution is 7.89. The molecule has 0 saturated heterocycles. The van der Waals surface area contributed by atoms with Crippen molar-refractivity contribution < 1.29 is 22.7 Å². The molecule has 0 bridgehead atoms. The van der Waals surface area contributed by atoms with Gasteiger partial charge >= 0.3 is 0 Å². The minimum Gasteiger partial charge on any atom is -0.497 e. The average Bonchev–Trinajstić information content (AvgIpc) is 2.65. The number of sulfonamides is 1. The third-order valence-corrected chi connectivity index (χ3v) is 6.21. The van der Waals surface area contributed by atoms with Crippen molar-refractivity contribution in [1.82, 2.24) is 4.31 Å². The van der Waals surface area contributed by atoms with Crippen LogP contribution in [0.25, 0.3) is 0 Å². The molecule has 2 rings (SSSR count). The SMILES string of the molecule is COc1ccc(OC(C)C(=O)Nc2cc(S(=O)(=O)N(C)C)cc(C)c2C)cc1. The molecular formula is C20H26N2O5S. The normalized spacial score (nSPS) is 12.5. The number of rotatable bonds is 7. The summed E-state index contributed by atoms with van der Waals surface area (Å²) in [5.41, 5.74) is 2.00. The topological polar surface area (TPSA) is 84.9 Å². The fourth-order valence-corrected chi connectivity index (χ4v) is 3.48. The van der Waals surface area contributed by atoms with Crippen LogP contribution in [-0.4, -0.2) is 45.9 Å². The minimum atomic E-state index is -3.61. The lowest BCUT2D eigenvalue weighted by Crippen LogP contribution is -2.30. The molecule has 0 saturated carbocycles. The van der Waals surface area contributed by atoms with E-state index in [9.17, 15) is 13.2 Å². The Morgan fingerprint density at radius 2 is 1.64 bits per heavy atom. The van der Waals surface area contributed by atoms with Crippen molar-refractivity contribution in [3.8, 4) is 11.5 Å². The van der Waals surface area contributed by atoms with Crippen LogP contribution >= 0.6 is 0 Å². The largest absolute Gasteiger partial charge is 0.497 e. The van der Waals surface area contributed by atoms with E-state index in [1.807, 2.05) is 6.92 Å². The van der Waals surface area contributed by atoms with Crippen molar-refractivity contribution >= 4 is 21.6 Å². The predicted molar refractivity (Wildman–Crippen MR) is 109 cm³/mol.